The number of hydrogen-bond acceptors (Lipinski definition) is 2. The first-order valence-corrected chi connectivity index (χ1v) is 17.0. The second-order valence-electron chi connectivity index (χ2n) is 13.3. The molecule has 2 nitrogen and oxygen atoms in total. The van der Waals surface area contributed by atoms with Crippen molar-refractivity contribution in [3.8, 4) is 22.3 Å². The van der Waals surface area contributed by atoms with Crippen molar-refractivity contribution in [2.75, 3.05) is 4.90 Å². The van der Waals surface area contributed by atoms with E-state index in [0.29, 0.717) is 0 Å². The predicted octanol–water partition coefficient (Wildman–Crippen LogP) is 12.7. The molecule has 0 radical (unpaired) electrons. The number of fused-ring (bicyclic) bond motifs is 15. The van der Waals surface area contributed by atoms with Crippen LogP contribution in [0.25, 0.3) is 55.0 Å². The molecule has 2 aliphatic rings. The first-order chi connectivity index (χ1) is 24.7. The lowest BCUT2D eigenvalue weighted by atomic mass is 9.70. The third-order valence-electron chi connectivity index (χ3n) is 10.9. The smallest absolute Gasteiger partial charge is 0.143 e. The van der Waals surface area contributed by atoms with Gasteiger partial charge in [-0.25, -0.2) is 4.39 Å². The topological polar surface area (TPSA) is 16.4 Å². The van der Waals surface area contributed by atoms with Crippen LogP contribution < -0.4 is 4.90 Å². The molecule has 3 heteroatoms. The van der Waals surface area contributed by atoms with Crippen LogP contribution in [-0.2, 0) is 5.41 Å². The maximum absolute atomic E-state index is 14.7. The summed E-state index contributed by atoms with van der Waals surface area (Å²) in [5.74, 6) is -0.270. The number of rotatable bonds is 3. The quantitative estimate of drug-likeness (QED) is 0.191. The Morgan fingerprint density at radius 2 is 1.04 bits per heavy atom. The fraction of sp³-hybridized carbons (Fsp3) is 0.0213. The highest BCUT2D eigenvalue weighted by molar-refractivity contribution is 6.20. The molecule has 0 aliphatic heterocycles. The molecule has 1 spiro atoms. The van der Waals surface area contributed by atoms with Crippen LogP contribution in [0.15, 0.2) is 174 Å². The molecule has 8 aromatic carbocycles. The fourth-order valence-corrected chi connectivity index (χ4v) is 9.04. The molecule has 0 saturated heterocycles. The molecule has 0 atom stereocenters. The highest BCUT2D eigenvalue weighted by Gasteiger charge is 2.53. The van der Waals surface area contributed by atoms with E-state index >= 15 is 0 Å². The molecule has 2 aliphatic carbocycles. The van der Waals surface area contributed by atoms with E-state index in [-0.39, 0.29) is 5.82 Å². The zero-order valence-corrected chi connectivity index (χ0v) is 26.9. The Bertz CT molecular complexity index is 2780. The Hall–Kier alpha value is -6.45. The molecule has 0 N–H and O–H groups in total. The van der Waals surface area contributed by atoms with Crippen molar-refractivity contribution < 1.29 is 8.81 Å². The molecule has 9 aromatic rings. The molecule has 1 heterocycles. The number of hydrogen-bond donors (Lipinski definition) is 0. The van der Waals surface area contributed by atoms with E-state index in [1.165, 1.54) is 44.5 Å². The van der Waals surface area contributed by atoms with Gasteiger partial charge in [-0.15, -0.1) is 0 Å². The Labute approximate surface area is 288 Å². The van der Waals surface area contributed by atoms with E-state index in [9.17, 15) is 4.39 Å². The Morgan fingerprint density at radius 1 is 0.460 bits per heavy atom. The average molecular weight is 642 g/mol. The van der Waals surface area contributed by atoms with Gasteiger partial charge in [-0.3, -0.25) is 0 Å². The second kappa shape index (κ2) is 10.0. The highest BCUT2D eigenvalue weighted by Crippen LogP contribution is 2.65. The Morgan fingerprint density at radius 3 is 1.76 bits per heavy atom. The van der Waals surface area contributed by atoms with Gasteiger partial charge in [0.15, 0.2) is 0 Å². The monoisotopic (exact) mass is 641 g/mol. The van der Waals surface area contributed by atoms with Crippen molar-refractivity contribution in [3.05, 3.63) is 198 Å². The summed E-state index contributed by atoms with van der Waals surface area (Å²) in [6.45, 7) is 0. The van der Waals surface area contributed by atoms with Crippen LogP contribution in [0.2, 0.25) is 0 Å². The Balaban J connectivity index is 1.29. The lowest BCUT2D eigenvalue weighted by Gasteiger charge is -2.36. The summed E-state index contributed by atoms with van der Waals surface area (Å²) in [6, 6.07) is 59.1. The highest BCUT2D eigenvalue weighted by atomic mass is 19.1. The van der Waals surface area contributed by atoms with Gasteiger partial charge in [0.1, 0.15) is 17.0 Å². The zero-order chi connectivity index (χ0) is 33.0. The van der Waals surface area contributed by atoms with Crippen molar-refractivity contribution in [1.82, 2.24) is 0 Å². The maximum atomic E-state index is 14.7. The largest absolute Gasteiger partial charge is 0.455 e. The Kier molecular flexibility index (Phi) is 5.52. The summed E-state index contributed by atoms with van der Waals surface area (Å²) < 4.78 is 21.3. The van der Waals surface area contributed by atoms with Crippen LogP contribution in [0.4, 0.5) is 21.5 Å². The van der Waals surface area contributed by atoms with E-state index in [2.05, 4.69) is 144 Å². The molecule has 0 bridgehead atoms. The van der Waals surface area contributed by atoms with E-state index < -0.39 is 5.41 Å². The van der Waals surface area contributed by atoms with Gasteiger partial charge in [0, 0.05) is 22.0 Å². The van der Waals surface area contributed by atoms with Crippen molar-refractivity contribution in [2.24, 2.45) is 0 Å². The van der Waals surface area contributed by atoms with Crippen molar-refractivity contribution in [2.45, 2.75) is 5.41 Å². The zero-order valence-electron chi connectivity index (χ0n) is 26.9. The molecule has 0 amide bonds. The van der Waals surface area contributed by atoms with Crippen molar-refractivity contribution in [3.63, 3.8) is 0 Å². The fourth-order valence-electron chi connectivity index (χ4n) is 9.04. The summed E-state index contributed by atoms with van der Waals surface area (Å²) in [6.07, 6.45) is 0. The van der Waals surface area contributed by atoms with Crippen LogP contribution in [0.3, 0.4) is 0 Å². The summed E-state index contributed by atoms with van der Waals surface area (Å²) in [7, 11) is 0. The number of nitrogens with zero attached hydrogens (tertiary/aromatic N) is 1. The molecular weight excluding hydrogens is 614 g/mol. The summed E-state index contributed by atoms with van der Waals surface area (Å²) >= 11 is 0. The van der Waals surface area contributed by atoms with Gasteiger partial charge in [-0.1, -0.05) is 121 Å². The van der Waals surface area contributed by atoms with Gasteiger partial charge < -0.3 is 9.32 Å². The van der Waals surface area contributed by atoms with Crippen molar-refractivity contribution >= 4 is 49.8 Å². The third-order valence-corrected chi connectivity index (χ3v) is 10.9. The molecule has 0 saturated carbocycles. The first kappa shape index (κ1) is 27.5. The minimum atomic E-state index is -0.559. The van der Waals surface area contributed by atoms with E-state index in [4.69, 9.17) is 4.42 Å². The van der Waals surface area contributed by atoms with Crippen LogP contribution in [0.5, 0.6) is 0 Å². The van der Waals surface area contributed by atoms with Crippen LogP contribution in [-0.4, -0.2) is 0 Å². The molecule has 50 heavy (non-hydrogen) atoms. The van der Waals surface area contributed by atoms with Gasteiger partial charge >= 0.3 is 0 Å². The predicted molar refractivity (Wildman–Crippen MR) is 202 cm³/mol. The number of halogens is 1. The van der Waals surface area contributed by atoms with Gasteiger partial charge in [-0.2, -0.15) is 0 Å². The van der Waals surface area contributed by atoms with Crippen LogP contribution >= 0.6 is 0 Å². The number of anilines is 3. The van der Waals surface area contributed by atoms with E-state index in [1.54, 1.807) is 12.1 Å². The molecule has 234 valence electrons. The van der Waals surface area contributed by atoms with Gasteiger partial charge in [0.05, 0.1) is 22.2 Å². The molecular formula is C47H28FNO. The minimum absolute atomic E-state index is 0.270. The lowest BCUT2D eigenvalue weighted by molar-refractivity contribution is 0.628. The summed E-state index contributed by atoms with van der Waals surface area (Å²) in [5, 5.41) is 4.28. The molecule has 0 fully saturated rings. The second-order valence-corrected chi connectivity index (χ2v) is 13.3. The normalized spacial score (nSPS) is 13.5. The standard InChI is InChI=1S/C47H28FNO/c48-30-24-26-31(27-25-30)49(41-20-10-22-43-44(41)37-28-23-29-11-1-2-12-32(29)46(37)50-43)42-21-9-16-36-35-15-5-8-19-40(35)47(45(36)42)38-17-6-3-13-33(38)34-14-4-7-18-39(34)47/h1-28H. The average Bonchev–Trinajstić information content (AvgIpc) is 3.81. The minimum Gasteiger partial charge on any atom is -0.455 e. The summed E-state index contributed by atoms with van der Waals surface area (Å²) in [4.78, 5) is 2.32. The van der Waals surface area contributed by atoms with Gasteiger partial charge in [0.25, 0.3) is 0 Å². The summed E-state index contributed by atoms with van der Waals surface area (Å²) in [5.41, 5.74) is 14.0. The van der Waals surface area contributed by atoms with Crippen LogP contribution in [0.1, 0.15) is 22.3 Å². The number of benzene rings is 8. The lowest BCUT2D eigenvalue weighted by Crippen LogP contribution is -2.28. The SMILES string of the molecule is Fc1ccc(N(c2cccc3c2C2(c4ccccc4-c4ccccc42)c2ccccc2-3)c2cccc3oc4c5ccccc5ccc4c23)cc1. The maximum Gasteiger partial charge on any atom is 0.143 e. The first-order valence-electron chi connectivity index (χ1n) is 17.0. The van der Waals surface area contributed by atoms with E-state index in [1.807, 2.05) is 18.2 Å². The molecule has 11 rings (SSSR count). The van der Waals surface area contributed by atoms with Gasteiger partial charge in [0.2, 0.25) is 0 Å². The van der Waals surface area contributed by atoms with E-state index in [0.717, 1.165) is 49.8 Å². The van der Waals surface area contributed by atoms with Crippen molar-refractivity contribution in [1.29, 1.82) is 0 Å². The van der Waals surface area contributed by atoms with Crippen LogP contribution in [0, 0.1) is 5.82 Å². The molecule has 1 aromatic heterocycles. The molecule has 0 unspecified atom stereocenters. The number of furan rings is 1. The third kappa shape index (κ3) is 3.46. The van der Waals surface area contributed by atoms with Gasteiger partial charge in [-0.05, 0) is 92.9 Å².